The fraction of sp³-hybridized carbons (Fsp3) is 0.250. The molecule has 20 heavy (non-hydrogen) atoms. The number of halogens is 5. The Kier molecular flexibility index (Phi) is 3.65. The first-order valence-corrected chi connectivity index (χ1v) is 5.65. The van der Waals surface area contributed by atoms with Crippen LogP contribution in [0.15, 0.2) is 4.52 Å². The highest BCUT2D eigenvalue weighted by Crippen LogP contribution is 2.35. The molecular weight excluding hydrogens is 283 g/mol. The van der Waals surface area contributed by atoms with Gasteiger partial charge in [-0.1, -0.05) is 18.5 Å². The van der Waals surface area contributed by atoms with E-state index in [1.165, 1.54) is 0 Å². The van der Waals surface area contributed by atoms with Crippen LogP contribution in [-0.2, 0) is 6.42 Å². The molecule has 0 spiro atoms. The van der Waals surface area contributed by atoms with E-state index in [2.05, 4.69) is 9.68 Å². The lowest BCUT2D eigenvalue weighted by molar-refractivity contribution is 0.373. The number of nitrogens with zero attached hydrogens (tertiary/aromatic N) is 1. The van der Waals surface area contributed by atoms with Crippen molar-refractivity contribution < 1.29 is 26.5 Å². The lowest BCUT2D eigenvalue weighted by Crippen LogP contribution is -2.05. The second-order valence-corrected chi connectivity index (χ2v) is 4.07. The van der Waals surface area contributed by atoms with E-state index in [1.807, 2.05) is 0 Å². The zero-order valence-electron chi connectivity index (χ0n) is 10.2. The molecule has 3 nitrogen and oxygen atoms in total. The summed E-state index contributed by atoms with van der Waals surface area (Å²) in [7, 11) is 0. The lowest BCUT2D eigenvalue weighted by atomic mass is 10.0. The highest BCUT2D eigenvalue weighted by atomic mass is 19.2. The standard InChI is InChI=1S/C12H9F5N2O/c1-2-3-4-11(20-19-12(4)18)5-6(13)8(15)10(17)9(16)7(5)14/h2-3H2,1H3,(H2,18,19). The molecule has 1 heterocycles. The minimum Gasteiger partial charge on any atom is -0.381 e. The molecule has 0 amide bonds. The van der Waals surface area contributed by atoms with Crippen LogP contribution in [0.5, 0.6) is 0 Å². The van der Waals surface area contributed by atoms with Gasteiger partial charge in [0.2, 0.25) is 5.82 Å². The Morgan fingerprint density at radius 2 is 1.45 bits per heavy atom. The van der Waals surface area contributed by atoms with Crippen LogP contribution in [0.4, 0.5) is 27.8 Å². The van der Waals surface area contributed by atoms with E-state index in [1.54, 1.807) is 6.92 Å². The van der Waals surface area contributed by atoms with Gasteiger partial charge in [0.1, 0.15) is 0 Å². The third kappa shape index (κ3) is 2.00. The SMILES string of the molecule is CCCc1c(N)noc1-c1c(F)c(F)c(F)c(F)c1F. The summed E-state index contributed by atoms with van der Waals surface area (Å²) in [4.78, 5) is 0. The largest absolute Gasteiger partial charge is 0.381 e. The molecule has 0 radical (unpaired) electrons. The van der Waals surface area contributed by atoms with E-state index >= 15 is 0 Å². The molecule has 0 unspecified atom stereocenters. The van der Waals surface area contributed by atoms with E-state index < -0.39 is 40.4 Å². The highest BCUT2D eigenvalue weighted by Gasteiger charge is 2.30. The maximum Gasteiger partial charge on any atom is 0.200 e. The van der Waals surface area contributed by atoms with Crippen molar-refractivity contribution in [2.45, 2.75) is 19.8 Å². The van der Waals surface area contributed by atoms with Crippen molar-refractivity contribution in [2.24, 2.45) is 0 Å². The van der Waals surface area contributed by atoms with E-state index in [-0.39, 0.29) is 17.8 Å². The zero-order chi connectivity index (χ0) is 15.0. The second kappa shape index (κ2) is 5.10. The van der Waals surface area contributed by atoms with Gasteiger partial charge in [-0.3, -0.25) is 0 Å². The maximum absolute atomic E-state index is 13.7. The number of nitrogen functional groups attached to an aromatic ring is 1. The first-order valence-electron chi connectivity index (χ1n) is 5.65. The predicted molar refractivity (Wildman–Crippen MR) is 60.1 cm³/mol. The molecule has 0 aliphatic carbocycles. The molecule has 0 aliphatic rings. The normalized spacial score (nSPS) is 11.1. The van der Waals surface area contributed by atoms with Gasteiger partial charge < -0.3 is 10.3 Å². The molecule has 0 saturated heterocycles. The van der Waals surface area contributed by atoms with Crippen molar-refractivity contribution in [1.29, 1.82) is 0 Å². The van der Waals surface area contributed by atoms with Gasteiger partial charge in [-0.25, -0.2) is 22.0 Å². The molecule has 2 aromatic rings. The Balaban J connectivity index is 2.77. The van der Waals surface area contributed by atoms with Crippen LogP contribution < -0.4 is 5.73 Å². The van der Waals surface area contributed by atoms with Crippen molar-refractivity contribution in [3.63, 3.8) is 0 Å². The summed E-state index contributed by atoms with van der Waals surface area (Å²) in [6.45, 7) is 1.74. The van der Waals surface area contributed by atoms with Gasteiger partial charge in [-0.2, -0.15) is 0 Å². The van der Waals surface area contributed by atoms with Crippen molar-refractivity contribution in [1.82, 2.24) is 5.16 Å². The molecule has 2 N–H and O–H groups in total. The molecule has 0 atom stereocenters. The summed E-state index contributed by atoms with van der Waals surface area (Å²) < 4.78 is 71.3. The summed E-state index contributed by atoms with van der Waals surface area (Å²) in [5.74, 6) is -11.0. The molecule has 0 bridgehead atoms. The van der Waals surface area contributed by atoms with Crippen molar-refractivity contribution in [3.8, 4) is 11.3 Å². The summed E-state index contributed by atoms with van der Waals surface area (Å²) in [6.07, 6.45) is 0.748. The molecule has 108 valence electrons. The lowest BCUT2D eigenvalue weighted by Gasteiger charge is -2.07. The van der Waals surface area contributed by atoms with Crippen LogP contribution >= 0.6 is 0 Å². The highest BCUT2D eigenvalue weighted by molar-refractivity contribution is 5.67. The minimum atomic E-state index is -2.23. The monoisotopic (exact) mass is 292 g/mol. The molecule has 1 aromatic heterocycles. The van der Waals surface area contributed by atoms with Gasteiger partial charge in [0.15, 0.2) is 34.8 Å². The Hall–Kier alpha value is -2.12. The Bertz CT molecular complexity index is 639. The molecule has 0 saturated carbocycles. The van der Waals surface area contributed by atoms with Crippen LogP contribution in [0.3, 0.4) is 0 Å². The topological polar surface area (TPSA) is 52.0 Å². The van der Waals surface area contributed by atoms with Crippen LogP contribution in [0.1, 0.15) is 18.9 Å². The van der Waals surface area contributed by atoms with Gasteiger partial charge in [0, 0.05) is 5.56 Å². The Labute approximate surface area is 110 Å². The number of rotatable bonds is 3. The van der Waals surface area contributed by atoms with Crippen LogP contribution in [0, 0.1) is 29.1 Å². The first kappa shape index (κ1) is 14.3. The van der Waals surface area contributed by atoms with Gasteiger partial charge in [0.25, 0.3) is 0 Å². The molecule has 1 aromatic carbocycles. The summed E-state index contributed by atoms with van der Waals surface area (Å²) in [6, 6.07) is 0. The van der Waals surface area contributed by atoms with E-state index in [0.717, 1.165) is 0 Å². The second-order valence-electron chi connectivity index (χ2n) is 4.07. The summed E-state index contributed by atoms with van der Waals surface area (Å²) in [5, 5.41) is 3.31. The molecule has 2 rings (SSSR count). The Morgan fingerprint density at radius 3 is 1.95 bits per heavy atom. The fourth-order valence-electron chi connectivity index (χ4n) is 1.81. The number of hydrogen-bond acceptors (Lipinski definition) is 3. The number of anilines is 1. The number of benzene rings is 1. The summed E-state index contributed by atoms with van der Waals surface area (Å²) >= 11 is 0. The van der Waals surface area contributed by atoms with Crippen molar-refractivity contribution in [2.75, 3.05) is 5.73 Å². The predicted octanol–water partition coefficient (Wildman–Crippen LogP) is 3.57. The van der Waals surface area contributed by atoms with Gasteiger partial charge in [-0.15, -0.1) is 0 Å². The number of aromatic nitrogens is 1. The van der Waals surface area contributed by atoms with Crippen molar-refractivity contribution in [3.05, 3.63) is 34.6 Å². The Morgan fingerprint density at radius 1 is 0.950 bits per heavy atom. The molecule has 0 aliphatic heterocycles. The average molecular weight is 292 g/mol. The third-order valence-corrected chi connectivity index (χ3v) is 2.76. The summed E-state index contributed by atoms with van der Waals surface area (Å²) in [5.41, 5.74) is 4.41. The molecule has 0 fully saturated rings. The first-order chi connectivity index (χ1) is 9.40. The number of hydrogen-bond donors (Lipinski definition) is 1. The average Bonchev–Trinajstić information content (AvgIpc) is 2.77. The van der Waals surface area contributed by atoms with Crippen LogP contribution in [0.25, 0.3) is 11.3 Å². The van der Waals surface area contributed by atoms with Gasteiger partial charge >= 0.3 is 0 Å². The van der Waals surface area contributed by atoms with E-state index in [0.29, 0.717) is 6.42 Å². The van der Waals surface area contributed by atoms with Crippen molar-refractivity contribution >= 4 is 5.82 Å². The zero-order valence-corrected chi connectivity index (χ0v) is 10.2. The molecule has 8 heteroatoms. The maximum atomic E-state index is 13.7. The van der Waals surface area contributed by atoms with E-state index in [9.17, 15) is 22.0 Å². The van der Waals surface area contributed by atoms with Crippen LogP contribution in [0.2, 0.25) is 0 Å². The molecular formula is C12H9F5N2O. The van der Waals surface area contributed by atoms with Gasteiger partial charge in [-0.05, 0) is 6.42 Å². The smallest absolute Gasteiger partial charge is 0.200 e. The fourth-order valence-corrected chi connectivity index (χ4v) is 1.81. The van der Waals surface area contributed by atoms with Crippen LogP contribution in [-0.4, -0.2) is 5.16 Å². The van der Waals surface area contributed by atoms with E-state index in [4.69, 9.17) is 5.73 Å². The minimum absolute atomic E-state index is 0.107. The quantitative estimate of drug-likeness (QED) is 0.534. The third-order valence-electron chi connectivity index (χ3n) is 2.76. The van der Waals surface area contributed by atoms with Gasteiger partial charge in [0.05, 0.1) is 5.56 Å². The number of nitrogens with two attached hydrogens (primary N) is 1.